The molecule has 1 aromatic heterocycles. The van der Waals surface area contributed by atoms with Crippen LogP contribution in [0.15, 0.2) is 63.9 Å². The number of halogens is 1. The summed E-state index contributed by atoms with van der Waals surface area (Å²) in [5, 5.41) is 1.03. The van der Waals surface area contributed by atoms with E-state index < -0.39 is 0 Å². The molecule has 0 aliphatic rings. The molecule has 0 aliphatic heterocycles. The fraction of sp³-hybridized carbons (Fsp3) is 0.118. The molecule has 3 rings (SSSR count). The number of benzene rings is 2. The van der Waals surface area contributed by atoms with Gasteiger partial charge >= 0.3 is 0 Å². The number of pyridine rings is 1. The van der Waals surface area contributed by atoms with Gasteiger partial charge in [0, 0.05) is 24.1 Å². The maximum absolute atomic E-state index is 12.0. The van der Waals surface area contributed by atoms with E-state index in [4.69, 9.17) is 4.74 Å². The molecule has 0 aliphatic carbocycles. The van der Waals surface area contributed by atoms with Crippen molar-refractivity contribution in [2.24, 2.45) is 7.05 Å². The summed E-state index contributed by atoms with van der Waals surface area (Å²) in [6.45, 7) is 0.360. The number of hydrogen-bond acceptors (Lipinski definition) is 2. The van der Waals surface area contributed by atoms with E-state index in [1.807, 2.05) is 48.5 Å². The molecular weight excluding hydrogens is 330 g/mol. The topological polar surface area (TPSA) is 31.2 Å². The van der Waals surface area contributed by atoms with Crippen LogP contribution in [-0.4, -0.2) is 4.57 Å². The van der Waals surface area contributed by atoms with Gasteiger partial charge in [-0.1, -0.05) is 30.3 Å². The first-order valence-corrected chi connectivity index (χ1v) is 7.41. The lowest BCUT2D eigenvalue weighted by Crippen LogP contribution is -2.17. The number of nitrogens with zero attached hydrogens (tertiary/aromatic N) is 1. The molecule has 1 heterocycles. The van der Waals surface area contributed by atoms with Crippen LogP contribution < -0.4 is 10.3 Å². The summed E-state index contributed by atoms with van der Waals surface area (Å²) < 4.78 is 8.38. The van der Waals surface area contributed by atoms with Crippen LogP contribution in [0, 0.1) is 0 Å². The van der Waals surface area contributed by atoms with Crippen molar-refractivity contribution in [1.82, 2.24) is 4.57 Å². The van der Waals surface area contributed by atoms with Gasteiger partial charge in [-0.15, -0.1) is 0 Å². The van der Waals surface area contributed by atoms with Crippen LogP contribution in [-0.2, 0) is 13.7 Å². The third-order valence-corrected chi connectivity index (χ3v) is 4.11. The summed E-state index contributed by atoms with van der Waals surface area (Å²) in [4.78, 5) is 12.0. The van der Waals surface area contributed by atoms with Gasteiger partial charge in [-0.25, -0.2) is 0 Å². The van der Waals surface area contributed by atoms with Gasteiger partial charge in [0.2, 0.25) is 0 Å². The van der Waals surface area contributed by atoms with Gasteiger partial charge in [0.15, 0.2) is 0 Å². The van der Waals surface area contributed by atoms with Crippen LogP contribution in [0.5, 0.6) is 5.75 Å². The molecule has 21 heavy (non-hydrogen) atoms. The Balaban J connectivity index is 2.00. The van der Waals surface area contributed by atoms with E-state index >= 15 is 0 Å². The smallest absolute Gasteiger partial charge is 0.251 e. The number of aromatic nitrogens is 1. The highest BCUT2D eigenvalue weighted by molar-refractivity contribution is 9.10. The third-order valence-electron chi connectivity index (χ3n) is 3.46. The summed E-state index contributed by atoms with van der Waals surface area (Å²) >= 11 is 3.45. The molecular formula is C17H14BrNO2. The molecule has 106 valence electrons. The Hall–Kier alpha value is -2.07. The molecule has 4 heteroatoms. The molecule has 0 amide bonds. The predicted molar refractivity (Wildman–Crippen MR) is 87.7 cm³/mol. The number of aryl methyl sites for hydroxylation is 1. The van der Waals surface area contributed by atoms with Gasteiger partial charge in [-0.2, -0.15) is 0 Å². The van der Waals surface area contributed by atoms with E-state index in [1.54, 1.807) is 17.7 Å². The van der Waals surface area contributed by atoms with Crippen LogP contribution in [0.4, 0.5) is 0 Å². The minimum atomic E-state index is -0.0283. The highest BCUT2D eigenvalue weighted by Crippen LogP contribution is 2.25. The molecule has 0 fully saturated rings. The van der Waals surface area contributed by atoms with Crippen LogP contribution in [0.3, 0.4) is 0 Å². The van der Waals surface area contributed by atoms with Gasteiger partial charge in [0.05, 0.1) is 9.99 Å². The third kappa shape index (κ3) is 2.72. The minimum absolute atomic E-state index is 0.0283. The second-order valence-electron chi connectivity index (χ2n) is 4.80. The first kappa shape index (κ1) is 13.9. The molecule has 0 bridgehead atoms. The summed E-state index contributed by atoms with van der Waals surface area (Å²) in [7, 11) is 1.78. The average Bonchev–Trinajstić information content (AvgIpc) is 2.51. The Bertz CT molecular complexity index is 855. The zero-order valence-electron chi connectivity index (χ0n) is 11.5. The highest BCUT2D eigenvalue weighted by atomic mass is 79.9. The van der Waals surface area contributed by atoms with E-state index in [-0.39, 0.29) is 5.56 Å². The minimum Gasteiger partial charge on any atom is -0.488 e. The van der Waals surface area contributed by atoms with Gasteiger partial charge in [-0.3, -0.25) is 4.79 Å². The second-order valence-corrected chi connectivity index (χ2v) is 5.66. The molecule has 0 radical (unpaired) electrons. The average molecular weight is 344 g/mol. The second kappa shape index (κ2) is 5.74. The van der Waals surface area contributed by atoms with Crippen LogP contribution in [0.1, 0.15) is 5.56 Å². The van der Waals surface area contributed by atoms with E-state index in [0.29, 0.717) is 6.61 Å². The van der Waals surface area contributed by atoms with Crippen LogP contribution >= 0.6 is 15.9 Å². The Morgan fingerprint density at radius 1 is 1.10 bits per heavy atom. The largest absolute Gasteiger partial charge is 0.488 e. The zero-order valence-corrected chi connectivity index (χ0v) is 13.1. The molecule has 0 unspecified atom stereocenters. The number of ether oxygens (including phenoxy) is 1. The molecule has 3 aromatic rings. The Labute approximate surface area is 130 Å². The molecule has 0 N–H and O–H groups in total. The van der Waals surface area contributed by atoms with Crippen molar-refractivity contribution in [2.45, 2.75) is 6.61 Å². The number of fused-ring (bicyclic) bond motifs is 1. The summed E-state index contributed by atoms with van der Waals surface area (Å²) in [5.74, 6) is 0.766. The van der Waals surface area contributed by atoms with Crippen molar-refractivity contribution in [1.29, 1.82) is 0 Å². The molecule has 3 nitrogen and oxygen atoms in total. The molecule has 0 saturated heterocycles. The van der Waals surface area contributed by atoms with Crippen LogP contribution in [0.2, 0.25) is 0 Å². The normalized spacial score (nSPS) is 10.8. The highest BCUT2D eigenvalue weighted by Gasteiger charge is 2.07. The summed E-state index contributed by atoms with van der Waals surface area (Å²) in [5.41, 5.74) is 1.78. The summed E-state index contributed by atoms with van der Waals surface area (Å²) in [6, 6.07) is 17.2. The van der Waals surface area contributed by atoms with Gasteiger partial charge in [-0.05, 0) is 34.1 Å². The fourth-order valence-electron chi connectivity index (χ4n) is 2.32. The van der Waals surface area contributed by atoms with Gasteiger partial charge in [0.1, 0.15) is 12.4 Å². The first-order valence-electron chi connectivity index (χ1n) is 6.62. The number of para-hydroxylation sites is 2. The van der Waals surface area contributed by atoms with Crippen molar-refractivity contribution < 1.29 is 4.74 Å². The van der Waals surface area contributed by atoms with Gasteiger partial charge < -0.3 is 9.30 Å². The van der Waals surface area contributed by atoms with Crippen molar-refractivity contribution in [3.8, 4) is 5.75 Å². The van der Waals surface area contributed by atoms with E-state index in [0.717, 1.165) is 26.7 Å². The van der Waals surface area contributed by atoms with Gasteiger partial charge in [0.25, 0.3) is 5.56 Å². The van der Waals surface area contributed by atoms with Crippen molar-refractivity contribution in [2.75, 3.05) is 0 Å². The predicted octanol–water partition coefficient (Wildman–Crippen LogP) is 3.88. The molecule has 0 spiro atoms. The standard InChI is InChI=1S/C17H14BrNO2/c1-19-15-8-4-2-6-13(15)12(10-17(19)20)11-21-16-9-5-3-7-14(16)18/h2-10H,11H2,1H3. The lowest BCUT2D eigenvalue weighted by molar-refractivity contribution is 0.305. The Morgan fingerprint density at radius 2 is 1.81 bits per heavy atom. The zero-order chi connectivity index (χ0) is 14.8. The van der Waals surface area contributed by atoms with Crippen molar-refractivity contribution >= 4 is 26.8 Å². The Morgan fingerprint density at radius 3 is 2.62 bits per heavy atom. The first-order chi connectivity index (χ1) is 10.2. The monoisotopic (exact) mass is 343 g/mol. The molecule has 0 atom stereocenters. The lowest BCUT2D eigenvalue weighted by Gasteiger charge is -2.12. The lowest BCUT2D eigenvalue weighted by atomic mass is 10.1. The molecule has 2 aromatic carbocycles. The van der Waals surface area contributed by atoms with Crippen molar-refractivity contribution in [3.05, 3.63) is 75.0 Å². The van der Waals surface area contributed by atoms with Crippen molar-refractivity contribution in [3.63, 3.8) is 0 Å². The number of hydrogen-bond donors (Lipinski definition) is 0. The van der Waals surface area contributed by atoms with E-state index in [2.05, 4.69) is 15.9 Å². The van der Waals surface area contributed by atoms with Crippen LogP contribution in [0.25, 0.3) is 10.9 Å². The van der Waals surface area contributed by atoms with E-state index in [1.165, 1.54) is 0 Å². The maximum atomic E-state index is 12.0. The fourth-order valence-corrected chi connectivity index (χ4v) is 2.72. The quantitative estimate of drug-likeness (QED) is 0.722. The number of rotatable bonds is 3. The van der Waals surface area contributed by atoms with E-state index in [9.17, 15) is 4.79 Å². The maximum Gasteiger partial charge on any atom is 0.251 e. The summed E-state index contributed by atoms with van der Waals surface area (Å²) in [6.07, 6.45) is 0. The Kier molecular flexibility index (Phi) is 3.80. The molecule has 0 saturated carbocycles. The SMILES string of the molecule is Cn1c(=O)cc(COc2ccccc2Br)c2ccccc21.